The standard InChI is InChI=1S/C20H21N3O3S3/c1-23(15-5-2-3-6-15)29(25,26)16-10-8-14(9-11-16)19(24)22-20-21-17(13-28-20)18-7-4-12-27-18/h4,7-13,15H,2-3,5-6H2,1H3,(H,21,22,24). The molecule has 0 atom stereocenters. The molecule has 6 nitrogen and oxygen atoms in total. The quantitative estimate of drug-likeness (QED) is 0.595. The minimum atomic E-state index is -3.55. The van der Waals surface area contributed by atoms with Crippen LogP contribution in [0.2, 0.25) is 0 Å². The van der Waals surface area contributed by atoms with Crippen LogP contribution in [0.4, 0.5) is 5.13 Å². The van der Waals surface area contributed by atoms with Crippen LogP contribution in [-0.2, 0) is 10.0 Å². The molecule has 2 heterocycles. The van der Waals surface area contributed by atoms with Crippen molar-refractivity contribution in [2.75, 3.05) is 12.4 Å². The maximum Gasteiger partial charge on any atom is 0.257 e. The highest BCUT2D eigenvalue weighted by Gasteiger charge is 2.30. The van der Waals surface area contributed by atoms with Gasteiger partial charge in [-0.3, -0.25) is 10.1 Å². The molecule has 1 aromatic carbocycles. The number of hydrogen-bond donors (Lipinski definition) is 1. The molecule has 1 aliphatic carbocycles. The molecule has 1 aliphatic rings. The van der Waals surface area contributed by atoms with Crippen LogP contribution in [0.15, 0.2) is 52.1 Å². The van der Waals surface area contributed by atoms with E-state index in [9.17, 15) is 13.2 Å². The lowest BCUT2D eigenvalue weighted by Crippen LogP contribution is -2.35. The molecular formula is C20H21N3O3S3. The Morgan fingerprint density at radius 1 is 1.14 bits per heavy atom. The Balaban J connectivity index is 1.45. The second kappa shape index (κ2) is 8.35. The molecule has 0 radical (unpaired) electrons. The number of nitrogens with one attached hydrogen (secondary N) is 1. The zero-order valence-electron chi connectivity index (χ0n) is 15.9. The van der Waals surface area contributed by atoms with Crippen LogP contribution in [0.3, 0.4) is 0 Å². The summed E-state index contributed by atoms with van der Waals surface area (Å²) in [7, 11) is -1.91. The van der Waals surface area contributed by atoms with Gasteiger partial charge in [0.25, 0.3) is 5.91 Å². The van der Waals surface area contributed by atoms with E-state index in [0.717, 1.165) is 36.3 Å². The number of carbonyl (C=O) groups is 1. The van der Waals surface area contributed by atoms with Crippen molar-refractivity contribution in [1.29, 1.82) is 0 Å². The van der Waals surface area contributed by atoms with Gasteiger partial charge in [0.15, 0.2) is 5.13 Å². The second-order valence-electron chi connectivity index (χ2n) is 6.95. The van der Waals surface area contributed by atoms with Gasteiger partial charge in [0.05, 0.1) is 15.5 Å². The fourth-order valence-electron chi connectivity index (χ4n) is 3.45. The predicted octanol–water partition coefficient (Wildman–Crippen LogP) is 4.69. The molecular weight excluding hydrogens is 426 g/mol. The molecule has 2 aromatic heterocycles. The van der Waals surface area contributed by atoms with E-state index in [1.54, 1.807) is 30.5 Å². The van der Waals surface area contributed by atoms with Crippen LogP contribution in [0.1, 0.15) is 36.0 Å². The molecule has 152 valence electrons. The van der Waals surface area contributed by atoms with E-state index in [1.807, 2.05) is 22.9 Å². The second-order valence-corrected chi connectivity index (χ2v) is 10.8. The highest BCUT2D eigenvalue weighted by atomic mass is 32.2. The minimum Gasteiger partial charge on any atom is -0.298 e. The van der Waals surface area contributed by atoms with E-state index in [4.69, 9.17) is 0 Å². The fourth-order valence-corrected chi connectivity index (χ4v) is 6.33. The lowest BCUT2D eigenvalue weighted by molar-refractivity contribution is 0.102. The average Bonchev–Trinajstić information content (AvgIpc) is 3.49. The molecule has 1 amide bonds. The largest absolute Gasteiger partial charge is 0.298 e. The number of anilines is 1. The van der Waals surface area contributed by atoms with E-state index in [-0.39, 0.29) is 16.8 Å². The van der Waals surface area contributed by atoms with Crippen molar-refractivity contribution < 1.29 is 13.2 Å². The van der Waals surface area contributed by atoms with Gasteiger partial charge >= 0.3 is 0 Å². The number of benzene rings is 1. The summed E-state index contributed by atoms with van der Waals surface area (Å²) in [6.07, 6.45) is 3.93. The third kappa shape index (κ3) is 4.28. The molecule has 0 unspecified atom stereocenters. The molecule has 9 heteroatoms. The van der Waals surface area contributed by atoms with Gasteiger partial charge in [-0.05, 0) is 48.6 Å². The molecule has 0 spiro atoms. The van der Waals surface area contributed by atoms with E-state index in [1.165, 1.54) is 27.8 Å². The van der Waals surface area contributed by atoms with Crippen LogP contribution in [-0.4, -0.2) is 36.7 Å². The van der Waals surface area contributed by atoms with Crippen molar-refractivity contribution in [3.05, 3.63) is 52.7 Å². The summed E-state index contributed by atoms with van der Waals surface area (Å²) in [6.45, 7) is 0. The summed E-state index contributed by atoms with van der Waals surface area (Å²) in [4.78, 5) is 18.2. The maximum absolute atomic E-state index is 12.8. The van der Waals surface area contributed by atoms with E-state index < -0.39 is 10.0 Å². The summed E-state index contributed by atoms with van der Waals surface area (Å²) in [5.41, 5.74) is 1.22. The van der Waals surface area contributed by atoms with Crippen LogP contribution in [0.25, 0.3) is 10.6 Å². The van der Waals surface area contributed by atoms with Gasteiger partial charge in [-0.25, -0.2) is 13.4 Å². The fraction of sp³-hybridized carbons (Fsp3) is 0.300. The lowest BCUT2D eigenvalue weighted by atomic mass is 10.2. The van der Waals surface area contributed by atoms with Gasteiger partial charge in [-0.1, -0.05) is 18.9 Å². The molecule has 3 aromatic rings. The summed E-state index contributed by atoms with van der Waals surface area (Å²) in [5, 5.41) is 7.17. The number of thiazole rings is 1. The minimum absolute atomic E-state index is 0.0606. The summed E-state index contributed by atoms with van der Waals surface area (Å²) < 4.78 is 27.1. The number of thiophene rings is 1. The van der Waals surface area contributed by atoms with Gasteiger partial charge in [0.2, 0.25) is 10.0 Å². The number of rotatable bonds is 6. The highest BCUT2D eigenvalue weighted by molar-refractivity contribution is 7.89. The molecule has 4 rings (SSSR count). The van der Waals surface area contributed by atoms with Crippen molar-refractivity contribution in [2.45, 2.75) is 36.6 Å². The molecule has 0 saturated heterocycles. The Hall–Kier alpha value is -2.07. The first-order chi connectivity index (χ1) is 13.9. The predicted molar refractivity (Wildman–Crippen MR) is 117 cm³/mol. The SMILES string of the molecule is CN(C1CCCC1)S(=O)(=O)c1ccc(C(=O)Nc2nc(-c3cccs3)cs2)cc1. The third-order valence-corrected chi connectivity index (χ3v) is 8.71. The Kier molecular flexibility index (Phi) is 5.82. The van der Waals surface area contributed by atoms with Crippen molar-refractivity contribution in [3.63, 3.8) is 0 Å². The first-order valence-electron chi connectivity index (χ1n) is 9.34. The average molecular weight is 448 g/mol. The zero-order valence-corrected chi connectivity index (χ0v) is 18.3. The number of nitrogens with zero attached hydrogens (tertiary/aromatic N) is 2. The van der Waals surface area contributed by atoms with Crippen LogP contribution >= 0.6 is 22.7 Å². The number of hydrogen-bond acceptors (Lipinski definition) is 6. The Labute approximate surface area is 178 Å². The zero-order chi connectivity index (χ0) is 20.4. The summed E-state index contributed by atoms with van der Waals surface area (Å²) in [6, 6.07) is 10.1. The maximum atomic E-state index is 12.8. The van der Waals surface area contributed by atoms with Crippen molar-refractivity contribution in [3.8, 4) is 10.6 Å². The summed E-state index contributed by atoms with van der Waals surface area (Å²) in [5.74, 6) is -0.315. The molecule has 0 aliphatic heterocycles. The summed E-state index contributed by atoms with van der Waals surface area (Å²) >= 11 is 2.95. The van der Waals surface area contributed by atoms with Crippen molar-refractivity contribution in [2.24, 2.45) is 0 Å². The first kappa shape index (κ1) is 20.2. The van der Waals surface area contributed by atoms with Gasteiger partial charge in [-0.2, -0.15) is 4.31 Å². The monoisotopic (exact) mass is 447 g/mol. The van der Waals surface area contributed by atoms with Gasteiger partial charge in [-0.15, -0.1) is 22.7 Å². The number of amides is 1. The Bertz CT molecular complexity index is 1080. The van der Waals surface area contributed by atoms with Crippen molar-refractivity contribution >= 4 is 43.7 Å². The molecule has 0 bridgehead atoms. The van der Waals surface area contributed by atoms with Gasteiger partial charge in [0, 0.05) is 24.0 Å². The normalized spacial score (nSPS) is 15.1. The molecule has 29 heavy (non-hydrogen) atoms. The number of aromatic nitrogens is 1. The van der Waals surface area contributed by atoms with Crippen LogP contribution in [0.5, 0.6) is 0 Å². The topological polar surface area (TPSA) is 79.4 Å². The molecule has 1 N–H and O–H groups in total. The Morgan fingerprint density at radius 2 is 1.86 bits per heavy atom. The molecule has 1 saturated carbocycles. The number of sulfonamides is 1. The highest BCUT2D eigenvalue weighted by Crippen LogP contribution is 2.29. The van der Waals surface area contributed by atoms with E-state index in [2.05, 4.69) is 10.3 Å². The van der Waals surface area contributed by atoms with Gasteiger partial charge in [0.1, 0.15) is 0 Å². The van der Waals surface area contributed by atoms with Crippen LogP contribution < -0.4 is 5.32 Å². The smallest absolute Gasteiger partial charge is 0.257 e. The van der Waals surface area contributed by atoms with E-state index >= 15 is 0 Å². The van der Waals surface area contributed by atoms with E-state index in [0.29, 0.717) is 10.7 Å². The first-order valence-corrected chi connectivity index (χ1v) is 12.5. The third-order valence-electron chi connectivity index (χ3n) is 5.13. The lowest BCUT2D eigenvalue weighted by Gasteiger charge is -2.23. The van der Waals surface area contributed by atoms with Crippen molar-refractivity contribution in [1.82, 2.24) is 9.29 Å². The van der Waals surface area contributed by atoms with Gasteiger partial charge < -0.3 is 0 Å². The molecule has 1 fully saturated rings. The Morgan fingerprint density at radius 3 is 2.52 bits per heavy atom. The number of carbonyl (C=O) groups excluding carboxylic acids is 1. The van der Waals surface area contributed by atoms with Crippen LogP contribution in [0, 0.1) is 0 Å².